The van der Waals surface area contributed by atoms with E-state index in [1.807, 2.05) is 0 Å². The van der Waals surface area contributed by atoms with E-state index in [0.717, 1.165) is 37.5 Å². The predicted molar refractivity (Wildman–Crippen MR) is 123 cm³/mol. The summed E-state index contributed by atoms with van der Waals surface area (Å²) in [5, 5.41) is 0. The molecule has 2 unspecified atom stereocenters. The first-order chi connectivity index (χ1) is 16.7. The van der Waals surface area contributed by atoms with Gasteiger partial charge in [-0.3, -0.25) is 0 Å². The summed E-state index contributed by atoms with van der Waals surface area (Å²) in [5.41, 5.74) is -0.492. The van der Waals surface area contributed by atoms with E-state index in [0.29, 0.717) is 55.6 Å². The molecule has 2 aromatic carbocycles. The van der Waals surface area contributed by atoms with Crippen LogP contribution in [0.15, 0.2) is 42.5 Å². The lowest BCUT2D eigenvalue weighted by Crippen LogP contribution is -2.38. The highest BCUT2D eigenvalue weighted by molar-refractivity contribution is 5.65. The van der Waals surface area contributed by atoms with E-state index in [-0.39, 0.29) is 16.9 Å². The Morgan fingerprint density at radius 1 is 0.829 bits per heavy atom. The van der Waals surface area contributed by atoms with E-state index in [1.165, 1.54) is 6.42 Å². The summed E-state index contributed by atoms with van der Waals surface area (Å²) in [6, 6.07) is 4.26. The molecule has 2 aliphatic carbocycles. The van der Waals surface area contributed by atoms with Gasteiger partial charge in [0.15, 0.2) is 17.5 Å². The predicted octanol–water partition coefficient (Wildman–Crippen LogP) is 9.07. The lowest BCUT2D eigenvalue weighted by Gasteiger charge is -2.37. The van der Waals surface area contributed by atoms with E-state index < -0.39 is 35.3 Å². The van der Waals surface area contributed by atoms with E-state index in [9.17, 15) is 26.3 Å². The minimum Gasteiger partial charge on any atom is -0.432 e. The Kier molecular flexibility index (Phi) is 7.82. The zero-order valence-corrected chi connectivity index (χ0v) is 19.7. The van der Waals surface area contributed by atoms with Crippen molar-refractivity contribution in [3.8, 4) is 16.9 Å². The van der Waals surface area contributed by atoms with Crippen molar-refractivity contribution in [1.29, 1.82) is 0 Å². The van der Waals surface area contributed by atoms with Crippen LogP contribution in [-0.4, -0.2) is 6.11 Å². The van der Waals surface area contributed by atoms with E-state index >= 15 is 0 Å². The van der Waals surface area contributed by atoms with Gasteiger partial charge in [0, 0.05) is 11.6 Å². The monoisotopic (exact) mass is 496 g/mol. The Morgan fingerprint density at radius 3 is 2.09 bits per heavy atom. The Labute approximate surface area is 202 Å². The van der Waals surface area contributed by atoms with Gasteiger partial charge in [0.2, 0.25) is 0 Å². The first-order valence-corrected chi connectivity index (χ1v) is 12.4. The molecule has 2 atom stereocenters. The number of hydrogen-bond donors (Lipinski definition) is 0. The zero-order chi connectivity index (χ0) is 25.2. The highest BCUT2D eigenvalue weighted by Gasteiger charge is 2.45. The Balaban J connectivity index is 1.37. The van der Waals surface area contributed by atoms with Gasteiger partial charge in [-0.2, -0.15) is 8.78 Å². The molecular weight excluding hydrogens is 466 g/mol. The average Bonchev–Trinajstić information content (AvgIpc) is 2.83. The van der Waals surface area contributed by atoms with Crippen molar-refractivity contribution in [3.05, 3.63) is 65.8 Å². The highest BCUT2D eigenvalue weighted by atomic mass is 19.3. The number of allylic oxidation sites excluding steroid dienone is 2. The fourth-order valence-corrected chi connectivity index (χ4v) is 5.53. The topological polar surface area (TPSA) is 9.23 Å². The molecule has 1 fully saturated rings. The van der Waals surface area contributed by atoms with Crippen LogP contribution < -0.4 is 4.74 Å². The lowest BCUT2D eigenvalue weighted by molar-refractivity contribution is -0.224. The fraction of sp³-hybridized carbons (Fsp3) is 0.500. The molecule has 35 heavy (non-hydrogen) atoms. The maximum Gasteiger partial charge on any atom is 0.400 e. The van der Waals surface area contributed by atoms with Crippen molar-refractivity contribution in [2.24, 2.45) is 23.7 Å². The third kappa shape index (κ3) is 5.87. The molecule has 0 N–H and O–H groups in total. The van der Waals surface area contributed by atoms with Gasteiger partial charge < -0.3 is 4.74 Å². The van der Waals surface area contributed by atoms with Gasteiger partial charge in [-0.05, 0) is 92.5 Å². The normalized spacial score (nSPS) is 25.0. The van der Waals surface area contributed by atoms with Crippen molar-refractivity contribution < 1.29 is 31.1 Å². The average molecular weight is 497 g/mol. The number of rotatable bonds is 7. The Morgan fingerprint density at radius 2 is 1.51 bits per heavy atom. The molecule has 2 aliphatic rings. The van der Waals surface area contributed by atoms with Gasteiger partial charge in [-0.15, -0.1) is 0 Å². The summed E-state index contributed by atoms with van der Waals surface area (Å²) in [7, 11) is 0. The second-order valence-corrected chi connectivity index (χ2v) is 9.85. The maximum absolute atomic E-state index is 14.9. The number of ether oxygens (including phenoxy) is 1. The summed E-state index contributed by atoms with van der Waals surface area (Å²) in [6.07, 6.45) is 7.80. The quantitative estimate of drug-likeness (QED) is 0.211. The van der Waals surface area contributed by atoms with Crippen LogP contribution in [0.25, 0.3) is 11.1 Å². The van der Waals surface area contributed by atoms with Crippen LogP contribution in [0.1, 0.15) is 58.3 Å². The van der Waals surface area contributed by atoms with E-state index in [4.69, 9.17) is 4.74 Å². The minimum atomic E-state index is -3.47. The summed E-state index contributed by atoms with van der Waals surface area (Å²) in [5.74, 6) is -5.46. The van der Waals surface area contributed by atoms with Crippen LogP contribution in [-0.2, 0) is 0 Å². The van der Waals surface area contributed by atoms with Crippen molar-refractivity contribution in [3.63, 3.8) is 0 Å². The lowest BCUT2D eigenvalue weighted by atomic mass is 9.71. The molecule has 4 rings (SSSR count). The Bertz CT molecular complexity index is 1030. The first kappa shape index (κ1) is 25.6. The Hall–Kier alpha value is -2.44. The number of benzene rings is 2. The van der Waals surface area contributed by atoms with Crippen LogP contribution in [0, 0.1) is 46.9 Å². The first-order valence-electron chi connectivity index (χ1n) is 12.4. The molecule has 0 spiro atoms. The van der Waals surface area contributed by atoms with E-state index in [2.05, 4.69) is 19.1 Å². The van der Waals surface area contributed by atoms with Crippen molar-refractivity contribution in [2.45, 2.75) is 64.4 Å². The summed E-state index contributed by atoms with van der Waals surface area (Å²) in [6.45, 7) is 2.18. The second-order valence-electron chi connectivity index (χ2n) is 9.85. The molecule has 1 nitrogen and oxygen atoms in total. The van der Waals surface area contributed by atoms with Gasteiger partial charge in [0.05, 0.1) is 5.92 Å². The van der Waals surface area contributed by atoms with Gasteiger partial charge in [0.1, 0.15) is 11.6 Å². The molecule has 0 aliphatic heterocycles. The largest absolute Gasteiger partial charge is 0.432 e. The van der Waals surface area contributed by atoms with E-state index in [1.54, 1.807) is 0 Å². The van der Waals surface area contributed by atoms with Crippen LogP contribution in [0.2, 0.25) is 0 Å². The summed E-state index contributed by atoms with van der Waals surface area (Å²) < 4.78 is 89.5. The third-order valence-electron chi connectivity index (χ3n) is 7.50. The summed E-state index contributed by atoms with van der Waals surface area (Å²) >= 11 is 0. The van der Waals surface area contributed by atoms with Crippen LogP contribution in [0.5, 0.6) is 5.75 Å². The second kappa shape index (κ2) is 10.7. The number of halogens is 6. The number of alkyl halides is 2. The van der Waals surface area contributed by atoms with Crippen LogP contribution >= 0.6 is 0 Å². The molecule has 190 valence electrons. The molecule has 7 heteroatoms. The molecule has 0 bridgehead atoms. The number of hydrogen-bond acceptors (Lipinski definition) is 1. The fourth-order valence-electron chi connectivity index (χ4n) is 5.53. The molecule has 0 saturated heterocycles. The minimum absolute atomic E-state index is 0.242. The van der Waals surface area contributed by atoms with Gasteiger partial charge >= 0.3 is 6.11 Å². The zero-order valence-electron chi connectivity index (χ0n) is 19.7. The molecular formula is C28H30F6O. The van der Waals surface area contributed by atoms with Gasteiger partial charge in [-0.25, -0.2) is 17.6 Å². The van der Waals surface area contributed by atoms with Gasteiger partial charge in [0.25, 0.3) is 0 Å². The molecule has 2 aromatic rings. The molecule has 0 radical (unpaired) electrons. The summed E-state index contributed by atoms with van der Waals surface area (Å²) in [4.78, 5) is 0. The highest BCUT2D eigenvalue weighted by Crippen LogP contribution is 2.44. The maximum atomic E-state index is 14.9. The van der Waals surface area contributed by atoms with Gasteiger partial charge in [-0.1, -0.05) is 25.5 Å². The smallest absolute Gasteiger partial charge is 0.400 e. The third-order valence-corrected chi connectivity index (χ3v) is 7.50. The van der Waals surface area contributed by atoms with Crippen molar-refractivity contribution in [2.75, 3.05) is 0 Å². The van der Waals surface area contributed by atoms with Crippen molar-refractivity contribution >= 4 is 0 Å². The standard InChI is InChI=1S/C28H30F6O/c1-2-3-17-4-6-18(7-5-17)19-8-10-21(11-9-19)28(33,34)35-22-12-13-23(24(29)16-22)20-14-25(30)27(32)26(31)15-20/h4,6,12-19,21H,2-3,5,7-11H2,1H3. The molecule has 0 heterocycles. The SMILES string of the molecule is CCCC1C=CC(C2CCC(C(F)(F)Oc3ccc(-c4cc(F)c(F)c(F)c4)c(F)c3)CC2)CC1. The van der Waals surface area contributed by atoms with Crippen molar-refractivity contribution in [1.82, 2.24) is 0 Å². The van der Waals surface area contributed by atoms with Crippen LogP contribution in [0.3, 0.4) is 0 Å². The molecule has 0 aromatic heterocycles. The molecule has 0 amide bonds. The molecule has 1 saturated carbocycles. The van der Waals surface area contributed by atoms with Crippen LogP contribution in [0.4, 0.5) is 26.3 Å².